The van der Waals surface area contributed by atoms with E-state index >= 15 is 0 Å². The van der Waals surface area contributed by atoms with Crippen molar-refractivity contribution in [3.8, 4) is 11.5 Å². The maximum Gasteiger partial charge on any atom is 0.251 e. The van der Waals surface area contributed by atoms with Crippen LogP contribution in [0, 0.1) is 6.92 Å². The topological polar surface area (TPSA) is 60.5 Å². The molecule has 0 saturated heterocycles. The Morgan fingerprint density at radius 1 is 1.11 bits per heavy atom. The van der Waals surface area contributed by atoms with Gasteiger partial charge in [-0.25, -0.2) is 4.98 Å². The predicted molar refractivity (Wildman–Crippen MR) is 106 cm³/mol. The fourth-order valence-electron chi connectivity index (χ4n) is 2.56. The van der Waals surface area contributed by atoms with Crippen LogP contribution in [0.25, 0.3) is 0 Å². The van der Waals surface area contributed by atoms with Crippen molar-refractivity contribution in [2.24, 2.45) is 0 Å². The Kier molecular flexibility index (Phi) is 6.44. The van der Waals surface area contributed by atoms with Gasteiger partial charge in [0.2, 0.25) is 0 Å². The molecule has 2 aromatic carbocycles. The minimum absolute atomic E-state index is 0.147. The van der Waals surface area contributed by atoms with Crippen molar-refractivity contribution in [1.29, 1.82) is 0 Å². The van der Waals surface area contributed by atoms with Gasteiger partial charge in [-0.05, 0) is 49.7 Å². The molecule has 0 atom stereocenters. The molecule has 0 radical (unpaired) electrons. The van der Waals surface area contributed by atoms with Gasteiger partial charge in [0.05, 0.1) is 17.3 Å². The van der Waals surface area contributed by atoms with Crippen LogP contribution in [0.4, 0.5) is 0 Å². The molecule has 140 valence electrons. The van der Waals surface area contributed by atoms with Gasteiger partial charge in [-0.15, -0.1) is 11.3 Å². The average Bonchev–Trinajstić information content (AvgIpc) is 3.10. The van der Waals surface area contributed by atoms with Crippen molar-refractivity contribution in [3.05, 3.63) is 75.7 Å². The number of aryl methyl sites for hydroxylation is 1. The zero-order valence-electron chi connectivity index (χ0n) is 15.4. The van der Waals surface area contributed by atoms with Crippen LogP contribution in [0.15, 0.2) is 53.9 Å². The zero-order valence-corrected chi connectivity index (χ0v) is 16.2. The number of amides is 1. The molecule has 0 saturated carbocycles. The van der Waals surface area contributed by atoms with Crippen molar-refractivity contribution in [2.75, 3.05) is 6.61 Å². The molecular formula is C21H22N2O3S. The molecule has 0 bridgehead atoms. The molecule has 0 aliphatic heterocycles. The molecule has 6 heteroatoms. The standard InChI is InChI=1S/C21H22N2O3S/c1-3-25-19-8-4-6-16(10-19)12-22-21(24)17-7-5-9-20(11-17)26-13-18-14-27-15(2)23-18/h4-11,14H,3,12-13H2,1-2H3,(H,22,24). The Morgan fingerprint density at radius 2 is 1.89 bits per heavy atom. The zero-order chi connectivity index (χ0) is 19.1. The van der Waals surface area contributed by atoms with Gasteiger partial charge in [-0.2, -0.15) is 0 Å². The lowest BCUT2D eigenvalue weighted by Crippen LogP contribution is -2.22. The van der Waals surface area contributed by atoms with E-state index in [4.69, 9.17) is 9.47 Å². The smallest absolute Gasteiger partial charge is 0.251 e. The molecule has 1 heterocycles. The lowest BCUT2D eigenvalue weighted by Gasteiger charge is -2.09. The van der Waals surface area contributed by atoms with E-state index in [0.29, 0.717) is 31.1 Å². The predicted octanol–water partition coefficient (Wildman–Crippen LogP) is 4.36. The third kappa shape index (κ3) is 5.56. The molecule has 0 aliphatic carbocycles. The second kappa shape index (κ2) is 9.19. The number of nitrogens with zero attached hydrogens (tertiary/aromatic N) is 1. The quantitative estimate of drug-likeness (QED) is 0.629. The summed E-state index contributed by atoms with van der Waals surface area (Å²) in [5.41, 5.74) is 2.44. The first-order valence-electron chi connectivity index (χ1n) is 8.78. The summed E-state index contributed by atoms with van der Waals surface area (Å²) >= 11 is 1.59. The van der Waals surface area contributed by atoms with Crippen LogP contribution in [-0.2, 0) is 13.2 Å². The second-order valence-electron chi connectivity index (χ2n) is 5.94. The summed E-state index contributed by atoms with van der Waals surface area (Å²) in [5.74, 6) is 1.30. The van der Waals surface area contributed by atoms with Crippen LogP contribution >= 0.6 is 11.3 Å². The first-order valence-corrected chi connectivity index (χ1v) is 9.66. The fourth-order valence-corrected chi connectivity index (χ4v) is 3.15. The molecule has 1 amide bonds. The molecule has 1 aromatic heterocycles. The highest BCUT2D eigenvalue weighted by Gasteiger charge is 2.08. The summed E-state index contributed by atoms with van der Waals surface area (Å²) in [5, 5.41) is 5.91. The van der Waals surface area contributed by atoms with Gasteiger partial charge in [-0.1, -0.05) is 18.2 Å². The largest absolute Gasteiger partial charge is 0.494 e. The average molecular weight is 382 g/mol. The van der Waals surface area contributed by atoms with Crippen molar-refractivity contribution in [3.63, 3.8) is 0 Å². The van der Waals surface area contributed by atoms with E-state index in [9.17, 15) is 4.79 Å². The number of carbonyl (C=O) groups excluding carboxylic acids is 1. The molecule has 0 fully saturated rings. The highest BCUT2D eigenvalue weighted by Crippen LogP contribution is 2.17. The van der Waals surface area contributed by atoms with E-state index in [2.05, 4.69) is 10.3 Å². The third-order valence-electron chi connectivity index (χ3n) is 3.81. The number of hydrogen-bond acceptors (Lipinski definition) is 5. The molecule has 1 N–H and O–H groups in total. The minimum atomic E-state index is -0.147. The van der Waals surface area contributed by atoms with E-state index in [0.717, 1.165) is 22.0 Å². The van der Waals surface area contributed by atoms with Crippen LogP contribution in [0.3, 0.4) is 0 Å². The van der Waals surface area contributed by atoms with Gasteiger partial charge in [-0.3, -0.25) is 4.79 Å². The van der Waals surface area contributed by atoms with Gasteiger partial charge in [0.15, 0.2) is 0 Å². The molecular weight excluding hydrogens is 360 g/mol. The third-order valence-corrected chi connectivity index (χ3v) is 4.63. The highest BCUT2D eigenvalue weighted by atomic mass is 32.1. The van der Waals surface area contributed by atoms with E-state index in [1.807, 2.05) is 55.6 Å². The molecule has 3 aromatic rings. The monoisotopic (exact) mass is 382 g/mol. The van der Waals surface area contributed by atoms with Crippen LogP contribution in [0.5, 0.6) is 11.5 Å². The number of hydrogen-bond donors (Lipinski definition) is 1. The molecule has 0 aliphatic rings. The van der Waals surface area contributed by atoms with Crippen molar-refractivity contribution in [2.45, 2.75) is 27.0 Å². The van der Waals surface area contributed by atoms with Crippen molar-refractivity contribution >= 4 is 17.2 Å². The summed E-state index contributed by atoms with van der Waals surface area (Å²) in [6.07, 6.45) is 0. The number of benzene rings is 2. The van der Waals surface area contributed by atoms with Gasteiger partial charge in [0.1, 0.15) is 18.1 Å². The van der Waals surface area contributed by atoms with Crippen LogP contribution < -0.4 is 14.8 Å². The molecule has 5 nitrogen and oxygen atoms in total. The minimum Gasteiger partial charge on any atom is -0.494 e. The maximum atomic E-state index is 12.4. The first kappa shape index (κ1) is 18.9. The fraction of sp³-hybridized carbons (Fsp3) is 0.238. The lowest BCUT2D eigenvalue weighted by atomic mass is 10.1. The number of nitrogens with one attached hydrogen (secondary N) is 1. The summed E-state index contributed by atoms with van der Waals surface area (Å²) in [7, 11) is 0. The van der Waals surface area contributed by atoms with Crippen LogP contribution in [0.1, 0.15) is 33.5 Å². The van der Waals surface area contributed by atoms with E-state index in [1.165, 1.54) is 0 Å². The molecule has 0 unspecified atom stereocenters. The van der Waals surface area contributed by atoms with E-state index in [-0.39, 0.29) is 5.91 Å². The SMILES string of the molecule is CCOc1cccc(CNC(=O)c2cccc(OCc3csc(C)n3)c2)c1. The lowest BCUT2D eigenvalue weighted by molar-refractivity contribution is 0.0950. The second-order valence-corrected chi connectivity index (χ2v) is 7.00. The van der Waals surface area contributed by atoms with Crippen LogP contribution in [0.2, 0.25) is 0 Å². The maximum absolute atomic E-state index is 12.4. The number of aromatic nitrogens is 1. The number of thiazole rings is 1. The summed E-state index contributed by atoms with van der Waals surface area (Å²) in [6.45, 7) is 5.34. The van der Waals surface area contributed by atoms with Gasteiger partial charge >= 0.3 is 0 Å². The Bertz CT molecular complexity index is 908. The Morgan fingerprint density at radius 3 is 2.63 bits per heavy atom. The van der Waals surface area contributed by atoms with E-state index < -0.39 is 0 Å². The molecule has 27 heavy (non-hydrogen) atoms. The summed E-state index contributed by atoms with van der Waals surface area (Å²) < 4.78 is 11.2. The number of carbonyl (C=O) groups is 1. The highest BCUT2D eigenvalue weighted by molar-refractivity contribution is 7.09. The molecule has 0 spiro atoms. The van der Waals surface area contributed by atoms with Crippen molar-refractivity contribution in [1.82, 2.24) is 10.3 Å². The first-order chi connectivity index (χ1) is 13.1. The Balaban J connectivity index is 1.57. The normalized spacial score (nSPS) is 10.4. The van der Waals surface area contributed by atoms with Gasteiger partial charge < -0.3 is 14.8 Å². The van der Waals surface area contributed by atoms with Crippen molar-refractivity contribution < 1.29 is 14.3 Å². The number of rotatable bonds is 8. The van der Waals surface area contributed by atoms with Crippen LogP contribution in [-0.4, -0.2) is 17.5 Å². The molecule has 3 rings (SSSR count). The van der Waals surface area contributed by atoms with Gasteiger partial charge in [0, 0.05) is 17.5 Å². The van der Waals surface area contributed by atoms with E-state index in [1.54, 1.807) is 23.5 Å². The van der Waals surface area contributed by atoms with Gasteiger partial charge in [0.25, 0.3) is 5.91 Å². The Hall–Kier alpha value is -2.86. The Labute approximate surface area is 163 Å². The number of ether oxygens (including phenoxy) is 2. The summed E-state index contributed by atoms with van der Waals surface area (Å²) in [4.78, 5) is 16.8. The summed E-state index contributed by atoms with van der Waals surface area (Å²) in [6, 6.07) is 14.9.